The first-order valence-corrected chi connectivity index (χ1v) is 13.7. The molecule has 0 amide bonds. The minimum atomic E-state index is -4.03. The van der Waals surface area contributed by atoms with Crippen LogP contribution in [0.4, 0.5) is 15.8 Å². The van der Waals surface area contributed by atoms with Gasteiger partial charge < -0.3 is 4.74 Å². The average Bonchev–Trinajstić information content (AvgIpc) is 2.85. The summed E-state index contributed by atoms with van der Waals surface area (Å²) < 4.78 is 73.8. The molecule has 4 aromatic rings. The van der Waals surface area contributed by atoms with E-state index in [2.05, 4.69) is 9.71 Å². The molecule has 3 aromatic carbocycles. The summed E-state index contributed by atoms with van der Waals surface area (Å²) in [6.07, 6.45) is 1.57. The summed E-state index contributed by atoms with van der Waals surface area (Å²) >= 11 is 0. The minimum Gasteiger partial charge on any atom is -0.362 e. The highest BCUT2D eigenvalue weighted by molar-refractivity contribution is 7.93. The smallest absolute Gasteiger partial charge is 0.261 e. The van der Waals surface area contributed by atoms with E-state index < -0.39 is 31.8 Å². The Labute approximate surface area is 202 Å². The summed E-state index contributed by atoms with van der Waals surface area (Å²) in [5, 5.41) is 1.62. The molecule has 1 aliphatic heterocycles. The van der Waals surface area contributed by atoms with Crippen molar-refractivity contribution in [3.63, 3.8) is 0 Å². The predicted molar refractivity (Wildman–Crippen MR) is 131 cm³/mol. The molecule has 0 saturated carbocycles. The maximum atomic E-state index is 14.7. The van der Waals surface area contributed by atoms with E-state index in [4.69, 9.17) is 4.74 Å². The zero-order valence-corrected chi connectivity index (χ0v) is 19.9. The van der Waals surface area contributed by atoms with Crippen molar-refractivity contribution in [2.24, 2.45) is 0 Å². The lowest BCUT2D eigenvalue weighted by molar-refractivity contribution is 0.175. The van der Waals surface area contributed by atoms with Gasteiger partial charge in [0.25, 0.3) is 20.0 Å². The molecule has 8 nitrogen and oxygen atoms in total. The third-order valence-corrected chi connectivity index (χ3v) is 8.52. The van der Waals surface area contributed by atoms with Gasteiger partial charge in [-0.3, -0.25) is 14.0 Å². The molecule has 1 aromatic heterocycles. The van der Waals surface area contributed by atoms with Crippen LogP contribution in [0.3, 0.4) is 0 Å². The van der Waals surface area contributed by atoms with Crippen LogP contribution in [0.15, 0.2) is 83.9 Å². The molecular formula is C24H20FN3O5S2. The maximum Gasteiger partial charge on any atom is 0.261 e. The second kappa shape index (κ2) is 8.91. The Morgan fingerprint density at radius 2 is 1.77 bits per heavy atom. The van der Waals surface area contributed by atoms with Gasteiger partial charge in [-0.05, 0) is 53.9 Å². The molecule has 35 heavy (non-hydrogen) atoms. The van der Waals surface area contributed by atoms with Gasteiger partial charge in [0.15, 0.2) is 5.94 Å². The topological polar surface area (TPSA) is 106 Å². The largest absolute Gasteiger partial charge is 0.362 e. The van der Waals surface area contributed by atoms with E-state index in [0.717, 1.165) is 10.8 Å². The number of ether oxygens (including phenoxy) is 1. The molecule has 0 radical (unpaired) electrons. The highest BCUT2D eigenvalue weighted by atomic mass is 32.2. The Balaban J connectivity index is 1.44. The Hall–Kier alpha value is -3.54. The van der Waals surface area contributed by atoms with Crippen molar-refractivity contribution in [1.29, 1.82) is 0 Å². The zero-order valence-electron chi connectivity index (χ0n) is 18.3. The van der Waals surface area contributed by atoms with Gasteiger partial charge in [0.2, 0.25) is 0 Å². The number of anilines is 2. The van der Waals surface area contributed by atoms with Crippen LogP contribution in [0.25, 0.3) is 22.0 Å². The van der Waals surface area contributed by atoms with Crippen molar-refractivity contribution in [2.45, 2.75) is 4.90 Å². The lowest BCUT2D eigenvalue weighted by Gasteiger charge is -2.28. The molecule has 1 aliphatic rings. The van der Waals surface area contributed by atoms with E-state index in [1.165, 1.54) is 46.8 Å². The Morgan fingerprint density at radius 3 is 2.54 bits per heavy atom. The van der Waals surface area contributed by atoms with Gasteiger partial charge in [-0.2, -0.15) is 0 Å². The number of hydrogen-bond acceptors (Lipinski definition) is 6. The van der Waals surface area contributed by atoms with Crippen LogP contribution in [-0.2, 0) is 24.8 Å². The van der Waals surface area contributed by atoms with Gasteiger partial charge in [-0.25, -0.2) is 21.2 Å². The molecule has 180 valence electrons. The highest BCUT2D eigenvalue weighted by Crippen LogP contribution is 2.31. The molecule has 1 N–H and O–H groups in total. The van der Waals surface area contributed by atoms with E-state index >= 15 is 0 Å². The Morgan fingerprint density at radius 1 is 1.00 bits per heavy atom. The van der Waals surface area contributed by atoms with E-state index in [9.17, 15) is 21.2 Å². The van der Waals surface area contributed by atoms with Gasteiger partial charge in [-0.1, -0.05) is 24.3 Å². The minimum absolute atomic E-state index is 0.0685. The molecule has 0 aliphatic carbocycles. The Bertz CT molecular complexity index is 1620. The van der Waals surface area contributed by atoms with Crippen LogP contribution >= 0.6 is 0 Å². The van der Waals surface area contributed by atoms with E-state index in [1.54, 1.807) is 6.20 Å². The lowest BCUT2D eigenvalue weighted by Crippen LogP contribution is -2.41. The van der Waals surface area contributed by atoms with E-state index in [0.29, 0.717) is 11.4 Å². The van der Waals surface area contributed by atoms with Crippen molar-refractivity contribution >= 4 is 42.2 Å². The summed E-state index contributed by atoms with van der Waals surface area (Å²) in [5.74, 6) is -0.958. The van der Waals surface area contributed by atoms with Gasteiger partial charge in [0, 0.05) is 22.8 Å². The highest BCUT2D eigenvalue weighted by Gasteiger charge is 2.27. The maximum absolute atomic E-state index is 14.7. The third kappa shape index (κ3) is 4.57. The molecular weight excluding hydrogens is 493 g/mol. The number of sulfonamides is 2. The SMILES string of the molecule is O=S(=O)(Nc1ccc(F)c(-c2nccc3ccccc23)c1)c1ccc(N2CCOCS2(=O)=O)cc1. The van der Waals surface area contributed by atoms with Crippen molar-refractivity contribution < 1.29 is 26.0 Å². The van der Waals surface area contributed by atoms with Crippen LogP contribution < -0.4 is 9.03 Å². The zero-order chi connectivity index (χ0) is 24.6. The summed E-state index contributed by atoms with van der Waals surface area (Å²) in [6, 6.07) is 18.6. The first kappa shape index (κ1) is 23.2. The standard InChI is InChI=1S/C24H20FN3O5S2/c25-23-10-5-18(15-22(23)24-21-4-2-1-3-17(21)11-12-26-24)27-35(31,32)20-8-6-19(7-9-20)28-13-14-33-16-34(28,29)30/h1-12,15,27H,13-14,16H2. The fourth-order valence-electron chi connectivity index (χ4n) is 3.91. The first-order valence-electron chi connectivity index (χ1n) is 10.6. The normalized spacial score (nSPS) is 15.7. The second-order valence-electron chi connectivity index (χ2n) is 7.88. The molecule has 0 unspecified atom stereocenters. The molecule has 0 spiro atoms. The third-order valence-electron chi connectivity index (χ3n) is 5.59. The van der Waals surface area contributed by atoms with Gasteiger partial charge >= 0.3 is 0 Å². The molecule has 5 rings (SSSR count). The summed E-state index contributed by atoms with van der Waals surface area (Å²) in [6.45, 7) is 0.395. The first-order chi connectivity index (χ1) is 16.7. The number of fused-ring (bicyclic) bond motifs is 1. The monoisotopic (exact) mass is 513 g/mol. The molecule has 2 heterocycles. The molecule has 1 saturated heterocycles. The number of halogens is 1. The Kier molecular flexibility index (Phi) is 5.91. The van der Waals surface area contributed by atoms with E-state index in [1.807, 2.05) is 30.3 Å². The lowest BCUT2D eigenvalue weighted by atomic mass is 10.0. The summed E-state index contributed by atoms with van der Waals surface area (Å²) in [5.41, 5.74) is 1.07. The fraction of sp³-hybridized carbons (Fsp3) is 0.125. The van der Waals surface area contributed by atoms with Crippen LogP contribution in [0, 0.1) is 5.82 Å². The summed E-state index contributed by atoms with van der Waals surface area (Å²) in [4.78, 5) is 4.25. The molecule has 0 bridgehead atoms. The van der Waals surface area contributed by atoms with Crippen LogP contribution in [-0.4, -0.2) is 40.9 Å². The number of nitrogens with one attached hydrogen (secondary N) is 1. The fourth-order valence-corrected chi connectivity index (χ4v) is 6.22. The van der Waals surface area contributed by atoms with Crippen molar-refractivity contribution in [3.8, 4) is 11.3 Å². The van der Waals surface area contributed by atoms with Gasteiger partial charge in [0.05, 0.1) is 29.4 Å². The molecule has 1 fully saturated rings. The number of aromatic nitrogens is 1. The number of rotatable bonds is 5. The quantitative estimate of drug-likeness (QED) is 0.433. The van der Waals surface area contributed by atoms with Crippen LogP contribution in [0.1, 0.15) is 0 Å². The van der Waals surface area contributed by atoms with Crippen molar-refractivity contribution in [1.82, 2.24) is 4.98 Å². The van der Waals surface area contributed by atoms with Crippen LogP contribution in [0.2, 0.25) is 0 Å². The number of hydrogen-bond donors (Lipinski definition) is 1. The van der Waals surface area contributed by atoms with E-state index in [-0.39, 0.29) is 29.3 Å². The van der Waals surface area contributed by atoms with Crippen molar-refractivity contribution in [3.05, 3.63) is 84.8 Å². The molecule has 0 atom stereocenters. The second-order valence-corrected chi connectivity index (χ2v) is 11.4. The molecule has 11 heteroatoms. The van der Waals surface area contributed by atoms with Gasteiger partial charge in [0.1, 0.15) is 5.82 Å². The number of nitrogens with zero attached hydrogens (tertiary/aromatic N) is 2. The van der Waals surface area contributed by atoms with Crippen molar-refractivity contribution in [2.75, 3.05) is 28.1 Å². The number of pyridine rings is 1. The average molecular weight is 514 g/mol. The summed E-state index contributed by atoms with van der Waals surface area (Å²) in [7, 11) is -7.65. The van der Waals surface area contributed by atoms with Gasteiger partial charge in [-0.15, -0.1) is 0 Å². The predicted octanol–water partition coefficient (Wildman–Crippen LogP) is 3.97. The van der Waals surface area contributed by atoms with Crippen LogP contribution in [0.5, 0.6) is 0 Å². The number of benzene rings is 3.